The maximum absolute atomic E-state index is 15.8. The molecule has 1 fully saturated rings. The van der Waals surface area contributed by atoms with Crippen LogP contribution in [0.15, 0.2) is 109 Å². The van der Waals surface area contributed by atoms with E-state index in [1.807, 2.05) is 48.5 Å². The summed E-state index contributed by atoms with van der Waals surface area (Å²) in [7, 11) is 0. The maximum Gasteiger partial charge on any atom is 0.275 e. The van der Waals surface area contributed by atoms with Gasteiger partial charge in [0.25, 0.3) is 17.7 Å². The van der Waals surface area contributed by atoms with Gasteiger partial charge in [-0.15, -0.1) is 0 Å². The zero-order valence-electron chi connectivity index (χ0n) is 23.8. The van der Waals surface area contributed by atoms with E-state index >= 15 is 8.78 Å². The van der Waals surface area contributed by atoms with Crippen LogP contribution < -0.4 is 10.2 Å². The Balaban J connectivity index is 1.42. The van der Waals surface area contributed by atoms with Crippen molar-refractivity contribution in [3.05, 3.63) is 126 Å². The molecule has 43 heavy (non-hydrogen) atoms. The number of para-hydroxylation sites is 2. The van der Waals surface area contributed by atoms with Crippen molar-refractivity contribution >= 4 is 28.8 Å². The lowest BCUT2D eigenvalue weighted by Gasteiger charge is -2.25. The number of benzene rings is 4. The summed E-state index contributed by atoms with van der Waals surface area (Å²) in [6.45, 7) is 2.08. The molecule has 0 unspecified atom stereocenters. The minimum atomic E-state index is -3.11. The van der Waals surface area contributed by atoms with Gasteiger partial charge in [-0.25, -0.2) is 8.78 Å². The van der Waals surface area contributed by atoms with Gasteiger partial charge in [-0.3, -0.25) is 14.5 Å². The Hall–Kier alpha value is -4.62. The number of amides is 2. The first-order valence-corrected chi connectivity index (χ1v) is 14.7. The maximum atomic E-state index is 15.8. The number of allylic oxidation sites excluding steroid dienone is 1. The molecular weight excluding hydrogens is 544 g/mol. The lowest BCUT2D eigenvalue weighted by Crippen LogP contribution is -2.34. The molecule has 0 bridgehead atoms. The molecule has 0 aromatic heterocycles. The van der Waals surface area contributed by atoms with Crippen molar-refractivity contribution < 1.29 is 18.4 Å². The number of likely N-dealkylation sites (tertiary alicyclic amines) is 1. The van der Waals surface area contributed by atoms with Crippen LogP contribution in [0.1, 0.15) is 45.5 Å². The first kappa shape index (κ1) is 28.5. The molecule has 1 saturated heterocycles. The van der Waals surface area contributed by atoms with Gasteiger partial charge in [-0.05, 0) is 61.8 Å². The van der Waals surface area contributed by atoms with Crippen molar-refractivity contribution in [2.24, 2.45) is 0 Å². The smallest absolute Gasteiger partial charge is 0.275 e. The number of carbonyl (C=O) groups excluding carboxylic acids is 2. The van der Waals surface area contributed by atoms with Crippen LogP contribution in [0.4, 0.5) is 20.2 Å². The molecule has 2 aliphatic heterocycles. The molecule has 4 aromatic carbocycles. The van der Waals surface area contributed by atoms with E-state index in [9.17, 15) is 9.59 Å². The van der Waals surface area contributed by atoms with Crippen LogP contribution in [0, 0.1) is 0 Å². The van der Waals surface area contributed by atoms with Crippen LogP contribution in [0.2, 0.25) is 0 Å². The second-order valence-corrected chi connectivity index (χ2v) is 11.0. The third kappa shape index (κ3) is 5.99. The van der Waals surface area contributed by atoms with Crippen molar-refractivity contribution in [3.63, 3.8) is 0 Å². The molecule has 1 N–H and O–H groups in total. The average Bonchev–Trinajstić information content (AvgIpc) is 3.52. The molecule has 2 aliphatic rings. The lowest BCUT2D eigenvalue weighted by molar-refractivity contribution is 0.0598. The summed E-state index contributed by atoms with van der Waals surface area (Å²) in [6.07, 6.45) is 3.28. The Labute approximate surface area is 250 Å². The molecule has 7 heteroatoms. The van der Waals surface area contributed by atoms with Gasteiger partial charge >= 0.3 is 0 Å². The van der Waals surface area contributed by atoms with Crippen molar-refractivity contribution in [3.8, 4) is 11.1 Å². The quantitative estimate of drug-likeness (QED) is 0.255. The number of rotatable bonds is 6. The fraction of sp³-hybridized carbons (Fsp3) is 0.222. The first-order chi connectivity index (χ1) is 20.9. The summed E-state index contributed by atoms with van der Waals surface area (Å²) >= 11 is 0. The Kier molecular flexibility index (Phi) is 8.16. The van der Waals surface area contributed by atoms with Crippen LogP contribution in [0.3, 0.4) is 0 Å². The zero-order valence-corrected chi connectivity index (χ0v) is 23.8. The summed E-state index contributed by atoms with van der Waals surface area (Å²) in [4.78, 5) is 31.6. The van der Waals surface area contributed by atoms with Crippen molar-refractivity contribution in [2.75, 3.05) is 36.4 Å². The average molecular weight is 578 g/mol. The lowest BCUT2D eigenvalue weighted by atomic mass is 9.92. The minimum Gasteiger partial charge on any atom is -0.322 e. The second kappa shape index (κ2) is 12.3. The van der Waals surface area contributed by atoms with Crippen molar-refractivity contribution in [2.45, 2.75) is 25.2 Å². The van der Waals surface area contributed by atoms with E-state index in [1.165, 1.54) is 4.90 Å². The molecule has 0 atom stereocenters. The third-order valence-electron chi connectivity index (χ3n) is 8.16. The van der Waals surface area contributed by atoms with Crippen LogP contribution in [-0.2, 0) is 0 Å². The van der Waals surface area contributed by atoms with Crippen molar-refractivity contribution in [1.29, 1.82) is 0 Å². The standard InChI is InChI=1S/C36H33F2N3O2/c37-36(38)21-25-41(32-19-8-7-16-28(32)31(36)20-24-40-22-9-10-23-40)35(43)30-18-11-17-29(33(30)26-12-3-1-4-13-26)34(42)39-27-14-5-2-6-15-27/h1-8,11-20H,9-10,21-25H2,(H,39,42). The van der Waals surface area contributed by atoms with E-state index in [1.54, 1.807) is 60.7 Å². The highest BCUT2D eigenvalue weighted by Gasteiger charge is 2.41. The number of fused-ring (bicyclic) bond motifs is 1. The summed E-state index contributed by atoms with van der Waals surface area (Å²) in [5.41, 5.74) is 3.12. The molecule has 0 saturated carbocycles. The number of nitrogens with one attached hydrogen (secondary N) is 1. The Morgan fingerprint density at radius 2 is 1.42 bits per heavy atom. The predicted octanol–water partition coefficient (Wildman–Crippen LogP) is 7.77. The van der Waals surface area contributed by atoms with Gasteiger partial charge in [-0.1, -0.05) is 78.9 Å². The molecule has 6 rings (SSSR count). The van der Waals surface area contributed by atoms with Gasteiger partial charge < -0.3 is 10.2 Å². The largest absolute Gasteiger partial charge is 0.322 e. The van der Waals surface area contributed by atoms with Crippen LogP contribution in [-0.4, -0.2) is 48.8 Å². The van der Waals surface area contributed by atoms with Gasteiger partial charge in [0.05, 0.1) is 5.69 Å². The highest BCUT2D eigenvalue weighted by Crippen LogP contribution is 2.44. The fourth-order valence-corrected chi connectivity index (χ4v) is 6.00. The molecule has 0 spiro atoms. The summed E-state index contributed by atoms with van der Waals surface area (Å²) < 4.78 is 31.5. The minimum absolute atomic E-state index is 0.0374. The molecule has 2 amide bonds. The number of anilines is 2. The predicted molar refractivity (Wildman–Crippen MR) is 168 cm³/mol. The summed E-state index contributed by atoms with van der Waals surface area (Å²) in [6, 6.07) is 30.2. The first-order valence-electron chi connectivity index (χ1n) is 14.7. The second-order valence-electron chi connectivity index (χ2n) is 11.0. The molecule has 4 aromatic rings. The van der Waals surface area contributed by atoms with E-state index < -0.39 is 18.3 Å². The van der Waals surface area contributed by atoms with Gasteiger partial charge in [-0.2, -0.15) is 0 Å². The SMILES string of the molecule is O=C(Nc1ccccc1)c1cccc(C(=O)N2CCC(F)(F)C(=CCN3CCCC3)c3ccccc32)c1-c1ccccc1. The van der Waals surface area contributed by atoms with Gasteiger partial charge in [0, 0.05) is 53.0 Å². The summed E-state index contributed by atoms with van der Waals surface area (Å²) in [5, 5.41) is 2.92. The van der Waals surface area contributed by atoms with Crippen molar-refractivity contribution in [1.82, 2.24) is 4.90 Å². The van der Waals surface area contributed by atoms with Gasteiger partial charge in [0.15, 0.2) is 0 Å². The monoisotopic (exact) mass is 577 g/mol. The number of carbonyl (C=O) groups is 2. The van der Waals surface area contributed by atoms with Crippen LogP contribution >= 0.6 is 0 Å². The number of hydrogen-bond acceptors (Lipinski definition) is 3. The molecule has 5 nitrogen and oxygen atoms in total. The molecule has 0 radical (unpaired) electrons. The van der Waals surface area contributed by atoms with Gasteiger partial charge in [0.2, 0.25) is 0 Å². The van der Waals surface area contributed by atoms with E-state index in [4.69, 9.17) is 0 Å². The van der Waals surface area contributed by atoms with E-state index in [2.05, 4.69) is 10.2 Å². The topological polar surface area (TPSA) is 52.7 Å². The number of nitrogens with zero attached hydrogens (tertiary/aromatic N) is 2. The van der Waals surface area contributed by atoms with Crippen LogP contribution in [0.5, 0.6) is 0 Å². The van der Waals surface area contributed by atoms with E-state index in [0.717, 1.165) is 25.9 Å². The molecular formula is C36H33F2N3O2. The Morgan fingerprint density at radius 3 is 2.16 bits per heavy atom. The zero-order chi connectivity index (χ0) is 29.8. The van der Waals surface area contributed by atoms with Crippen LogP contribution in [0.25, 0.3) is 16.7 Å². The Bertz CT molecular complexity index is 1650. The molecule has 2 heterocycles. The number of alkyl halides is 2. The Morgan fingerprint density at radius 1 is 0.767 bits per heavy atom. The third-order valence-corrected chi connectivity index (χ3v) is 8.16. The normalized spacial score (nSPS) is 17.3. The van der Waals surface area contributed by atoms with E-state index in [-0.39, 0.29) is 23.6 Å². The summed E-state index contributed by atoms with van der Waals surface area (Å²) in [5.74, 6) is -3.91. The highest BCUT2D eigenvalue weighted by molar-refractivity contribution is 6.17. The highest BCUT2D eigenvalue weighted by atomic mass is 19.3. The van der Waals surface area contributed by atoms with E-state index in [0.29, 0.717) is 40.2 Å². The fourth-order valence-electron chi connectivity index (χ4n) is 6.00. The molecule has 0 aliphatic carbocycles. The molecule has 218 valence electrons. The number of hydrogen-bond donors (Lipinski definition) is 1. The number of halogens is 2. The van der Waals surface area contributed by atoms with Gasteiger partial charge in [0.1, 0.15) is 0 Å².